The highest BCUT2D eigenvalue weighted by molar-refractivity contribution is 5.69. The van der Waals surface area contributed by atoms with E-state index >= 15 is 0 Å². The third-order valence-electron chi connectivity index (χ3n) is 4.62. The number of esters is 1. The van der Waals surface area contributed by atoms with E-state index < -0.39 is 0 Å². The van der Waals surface area contributed by atoms with Gasteiger partial charge in [-0.2, -0.15) is 0 Å². The van der Waals surface area contributed by atoms with Crippen LogP contribution in [0.15, 0.2) is 0 Å². The molecule has 0 aliphatic rings. The highest BCUT2D eigenvalue weighted by Crippen LogP contribution is 2.15. The van der Waals surface area contributed by atoms with Crippen LogP contribution >= 0.6 is 0 Å². The zero-order valence-corrected chi connectivity index (χ0v) is 16.2. The summed E-state index contributed by atoms with van der Waals surface area (Å²) in [5.74, 6) is 0.0175. The first-order valence-corrected chi connectivity index (χ1v) is 10.4. The maximum atomic E-state index is 11.8. The maximum absolute atomic E-state index is 11.8. The van der Waals surface area contributed by atoms with E-state index in [1.54, 1.807) is 0 Å². The summed E-state index contributed by atoms with van der Waals surface area (Å²) in [5.41, 5.74) is 0. The lowest BCUT2D eigenvalue weighted by molar-refractivity contribution is -0.149. The van der Waals surface area contributed by atoms with E-state index in [0.29, 0.717) is 6.42 Å². The SMILES string of the molecule is CCCCCCCCCCC[C@H](CC)OC(=O)CCCCCC. The lowest BCUT2D eigenvalue weighted by Crippen LogP contribution is -2.17. The van der Waals surface area contributed by atoms with E-state index in [2.05, 4.69) is 20.8 Å². The van der Waals surface area contributed by atoms with Gasteiger partial charge in [0.15, 0.2) is 0 Å². The zero-order valence-electron chi connectivity index (χ0n) is 16.2. The van der Waals surface area contributed by atoms with Gasteiger partial charge in [-0.3, -0.25) is 4.79 Å². The monoisotopic (exact) mass is 326 g/mol. The van der Waals surface area contributed by atoms with Crippen LogP contribution in [0.5, 0.6) is 0 Å². The molecular weight excluding hydrogens is 284 g/mol. The Morgan fingerprint density at radius 1 is 0.696 bits per heavy atom. The van der Waals surface area contributed by atoms with Crippen LogP contribution in [0.1, 0.15) is 124 Å². The molecule has 0 N–H and O–H groups in total. The molecule has 0 aromatic rings. The quantitative estimate of drug-likeness (QED) is 0.209. The van der Waals surface area contributed by atoms with Gasteiger partial charge in [-0.05, 0) is 25.7 Å². The molecule has 0 aliphatic carbocycles. The molecule has 0 radical (unpaired) electrons. The van der Waals surface area contributed by atoms with Crippen LogP contribution in [-0.2, 0) is 9.53 Å². The predicted octanol–water partition coefficient (Wildman–Crippen LogP) is 7.20. The second kappa shape index (κ2) is 17.8. The van der Waals surface area contributed by atoms with Gasteiger partial charge in [0.2, 0.25) is 0 Å². The van der Waals surface area contributed by atoms with Gasteiger partial charge in [-0.1, -0.05) is 91.4 Å². The van der Waals surface area contributed by atoms with E-state index in [4.69, 9.17) is 4.74 Å². The second-order valence-electron chi connectivity index (χ2n) is 6.95. The number of unbranched alkanes of at least 4 members (excludes halogenated alkanes) is 11. The van der Waals surface area contributed by atoms with E-state index in [9.17, 15) is 4.79 Å². The van der Waals surface area contributed by atoms with Crippen LogP contribution in [0.25, 0.3) is 0 Å². The number of rotatable bonds is 17. The Bertz CT molecular complexity index is 250. The Hall–Kier alpha value is -0.530. The van der Waals surface area contributed by atoms with Crippen molar-refractivity contribution in [1.29, 1.82) is 0 Å². The Morgan fingerprint density at radius 3 is 1.70 bits per heavy atom. The molecule has 0 fully saturated rings. The summed E-state index contributed by atoms with van der Waals surface area (Å²) in [5, 5.41) is 0. The Balaban J connectivity index is 3.48. The second-order valence-corrected chi connectivity index (χ2v) is 6.95. The van der Waals surface area contributed by atoms with Crippen molar-refractivity contribution in [2.24, 2.45) is 0 Å². The molecule has 0 aromatic carbocycles. The molecular formula is C21H42O2. The summed E-state index contributed by atoms with van der Waals surface area (Å²) in [7, 11) is 0. The van der Waals surface area contributed by atoms with Crippen LogP contribution in [-0.4, -0.2) is 12.1 Å². The topological polar surface area (TPSA) is 26.3 Å². The minimum Gasteiger partial charge on any atom is -0.462 e. The van der Waals surface area contributed by atoms with E-state index in [1.165, 1.54) is 70.6 Å². The van der Waals surface area contributed by atoms with Crippen LogP contribution < -0.4 is 0 Å². The summed E-state index contributed by atoms with van der Waals surface area (Å²) < 4.78 is 5.61. The van der Waals surface area contributed by atoms with Crippen molar-refractivity contribution in [3.8, 4) is 0 Å². The normalized spacial score (nSPS) is 12.3. The fraction of sp³-hybridized carbons (Fsp3) is 0.952. The third kappa shape index (κ3) is 16.1. The van der Waals surface area contributed by atoms with Gasteiger partial charge in [-0.15, -0.1) is 0 Å². The average Bonchev–Trinajstić information content (AvgIpc) is 2.56. The number of carbonyl (C=O) groups is 1. The fourth-order valence-corrected chi connectivity index (χ4v) is 2.97. The molecule has 0 aliphatic heterocycles. The van der Waals surface area contributed by atoms with Crippen molar-refractivity contribution in [1.82, 2.24) is 0 Å². The predicted molar refractivity (Wildman–Crippen MR) is 101 cm³/mol. The fourth-order valence-electron chi connectivity index (χ4n) is 2.97. The molecule has 1 atom stereocenters. The number of ether oxygens (including phenoxy) is 1. The van der Waals surface area contributed by atoms with Crippen molar-refractivity contribution >= 4 is 5.97 Å². The third-order valence-corrected chi connectivity index (χ3v) is 4.62. The van der Waals surface area contributed by atoms with Crippen LogP contribution in [0.4, 0.5) is 0 Å². The largest absolute Gasteiger partial charge is 0.462 e. The highest BCUT2D eigenvalue weighted by Gasteiger charge is 2.11. The Labute approximate surface area is 145 Å². The standard InChI is InChI=1S/C21H42O2/c1-4-7-9-11-12-13-14-15-16-18-20(6-3)23-21(22)19-17-10-8-5-2/h20H,4-19H2,1-3H3/t20-/m0/s1. The molecule has 2 heteroatoms. The number of hydrogen-bond donors (Lipinski definition) is 0. The lowest BCUT2D eigenvalue weighted by atomic mass is 10.0. The van der Waals surface area contributed by atoms with Crippen molar-refractivity contribution in [2.45, 2.75) is 130 Å². The Morgan fingerprint density at radius 2 is 1.17 bits per heavy atom. The van der Waals surface area contributed by atoms with Crippen LogP contribution in [0.2, 0.25) is 0 Å². The summed E-state index contributed by atoms with van der Waals surface area (Å²) in [4.78, 5) is 11.8. The van der Waals surface area contributed by atoms with Gasteiger partial charge in [0, 0.05) is 6.42 Å². The van der Waals surface area contributed by atoms with Crippen molar-refractivity contribution in [3.05, 3.63) is 0 Å². The molecule has 0 amide bonds. The minimum atomic E-state index is 0.0175. The number of carbonyl (C=O) groups excluding carboxylic acids is 1. The number of hydrogen-bond acceptors (Lipinski definition) is 2. The first kappa shape index (κ1) is 22.5. The van der Waals surface area contributed by atoms with Gasteiger partial charge in [0.05, 0.1) is 0 Å². The average molecular weight is 327 g/mol. The molecule has 138 valence electrons. The van der Waals surface area contributed by atoms with Crippen molar-refractivity contribution < 1.29 is 9.53 Å². The van der Waals surface area contributed by atoms with Gasteiger partial charge in [-0.25, -0.2) is 0 Å². The zero-order chi connectivity index (χ0) is 17.2. The first-order valence-electron chi connectivity index (χ1n) is 10.4. The maximum Gasteiger partial charge on any atom is 0.306 e. The van der Waals surface area contributed by atoms with Gasteiger partial charge in [0.1, 0.15) is 6.10 Å². The van der Waals surface area contributed by atoms with Gasteiger partial charge < -0.3 is 4.74 Å². The molecule has 0 bridgehead atoms. The molecule has 0 aromatic heterocycles. The smallest absolute Gasteiger partial charge is 0.306 e. The summed E-state index contributed by atoms with van der Waals surface area (Å²) >= 11 is 0. The van der Waals surface area contributed by atoms with Gasteiger partial charge in [0.25, 0.3) is 0 Å². The molecule has 23 heavy (non-hydrogen) atoms. The summed E-state index contributed by atoms with van der Waals surface area (Å²) in [6.07, 6.45) is 19.5. The van der Waals surface area contributed by atoms with Crippen molar-refractivity contribution in [3.63, 3.8) is 0 Å². The summed E-state index contributed by atoms with van der Waals surface area (Å²) in [6, 6.07) is 0. The molecule has 0 saturated heterocycles. The van der Waals surface area contributed by atoms with Crippen molar-refractivity contribution in [2.75, 3.05) is 0 Å². The van der Waals surface area contributed by atoms with E-state index in [-0.39, 0.29) is 12.1 Å². The highest BCUT2D eigenvalue weighted by atomic mass is 16.5. The minimum absolute atomic E-state index is 0.0175. The molecule has 0 saturated carbocycles. The molecule has 0 heterocycles. The van der Waals surface area contributed by atoms with Crippen LogP contribution in [0.3, 0.4) is 0 Å². The van der Waals surface area contributed by atoms with Crippen LogP contribution in [0, 0.1) is 0 Å². The van der Waals surface area contributed by atoms with Gasteiger partial charge >= 0.3 is 5.97 Å². The lowest BCUT2D eigenvalue weighted by Gasteiger charge is -2.16. The molecule has 2 nitrogen and oxygen atoms in total. The molecule has 0 unspecified atom stereocenters. The first-order chi connectivity index (χ1) is 11.2. The van der Waals surface area contributed by atoms with E-state index in [1.807, 2.05) is 0 Å². The van der Waals surface area contributed by atoms with E-state index in [0.717, 1.165) is 25.7 Å². The Kier molecular flexibility index (Phi) is 17.4. The summed E-state index contributed by atoms with van der Waals surface area (Å²) in [6.45, 7) is 6.58. The molecule has 0 spiro atoms. The molecule has 0 rings (SSSR count).